The number of ether oxygens (including phenoxy) is 2. The van der Waals surface area contributed by atoms with E-state index in [-0.39, 0.29) is 25.6 Å². The van der Waals surface area contributed by atoms with Gasteiger partial charge >= 0.3 is 19.8 Å². The fraction of sp³-hybridized carbons (Fsp3) is 0.767. The summed E-state index contributed by atoms with van der Waals surface area (Å²) in [5.41, 5.74) is 0. The van der Waals surface area contributed by atoms with Crippen molar-refractivity contribution >= 4 is 19.8 Å². The van der Waals surface area contributed by atoms with Crippen LogP contribution in [0.25, 0.3) is 0 Å². The number of aliphatic hydroxyl groups excluding tert-OH is 3. The lowest BCUT2D eigenvalue weighted by Crippen LogP contribution is -2.29. The Labute approximate surface area is 333 Å². The number of allylic oxidation sites excluding steroid dienone is 7. The Hall–Kier alpha value is -2.11. The molecule has 0 aromatic heterocycles. The van der Waals surface area contributed by atoms with Crippen LogP contribution in [0.15, 0.2) is 48.6 Å². The average molecular weight is 801 g/mol. The van der Waals surface area contributed by atoms with Crippen LogP contribution in [0.1, 0.15) is 162 Å². The number of hydrogen-bond donors (Lipinski definition) is 4. The second-order valence-electron chi connectivity index (χ2n) is 14.4. The molecule has 0 spiro atoms. The lowest BCUT2D eigenvalue weighted by molar-refractivity contribution is -0.161. The first kappa shape index (κ1) is 52.9. The van der Waals surface area contributed by atoms with E-state index in [4.69, 9.17) is 19.1 Å². The monoisotopic (exact) mass is 801 g/mol. The first-order chi connectivity index (χ1) is 26.5. The van der Waals surface area contributed by atoms with Gasteiger partial charge in [0, 0.05) is 12.8 Å². The Kier molecular flexibility index (Phi) is 36.0. The van der Waals surface area contributed by atoms with Crippen molar-refractivity contribution in [2.24, 2.45) is 5.92 Å². The van der Waals surface area contributed by atoms with Gasteiger partial charge in [0.05, 0.1) is 25.9 Å². The van der Waals surface area contributed by atoms with E-state index in [9.17, 15) is 29.3 Å². The van der Waals surface area contributed by atoms with Crippen molar-refractivity contribution < 1.29 is 52.9 Å². The molecular formula is C43H77O11P. The standard InChI is InChI=1S/C43H77O11P/c1-4-29-39(45)31-26-22-18-14-9-7-6-8-10-16-20-24-28-33-43(48)54-41(37-53-55(49,50)52-35-40(46)34-44)36-51-42(47)32-27-23-19-15-12-11-13-17-21-25-30-38(3)5-2/h6,8-9,14,16,20,22,26,38-41,44-46H,4-5,7,10-13,15,17-19,21,23-25,27-37H2,1-3H3,(H,49,50)/b8-6-,14-9-,20-16-,26-22-/t38?,39?,40-,41+/m0/s1. The van der Waals surface area contributed by atoms with E-state index in [2.05, 4.69) is 55.7 Å². The van der Waals surface area contributed by atoms with Crippen molar-refractivity contribution in [2.75, 3.05) is 26.4 Å². The number of aliphatic hydroxyl groups is 3. The fourth-order valence-corrected chi connectivity index (χ4v) is 6.24. The fourth-order valence-electron chi connectivity index (χ4n) is 5.45. The molecule has 55 heavy (non-hydrogen) atoms. The molecule has 0 rings (SSSR count). The minimum Gasteiger partial charge on any atom is -0.462 e. The molecule has 0 heterocycles. The van der Waals surface area contributed by atoms with Crippen LogP contribution in [-0.2, 0) is 32.7 Å². The van der Waals surface area contributed by atoms with Gasteiger partial charge in [-0.15, -0.1) is 0 Å². The molecule has 5 atom stereocenters. The van der Waals surface area contributed by atoms with Gasteiger partial charge in [0.15, 0.2) is 6.10 Å². The Balaban J connectivity index is 4.45. The highest BCUT2D eigenvalue weighted by atomic mass is 31.2. The minimum atomic E-state index is -4.64. The highest BCUT2D eigenvalue weighted by Gasteiger charge is 2.27. The van der Waals surface area contributed by atoms with Crippen molar-refractivity contribution in [3.8, 4) is 0 Å². The summed E-state index contributed by atoms with van der Waals surface area (Å²) in [7, 11) is -4.64. The van der Waals surface area contributed by atoms with Crippen LogP contribution in [0.4, 0.5) is 0 Å². The zero-order valence-corrected chi connectivity index (χ0v) is 35.3. The number of unbranched alkanes of at least 4 members (excludes halogenated alkanes) is 10. The number of esters is 2. The van der Waals surface area contributed by atoms with Crippen LogP contribution in [0.3, 0.4) is 0 Å². The molecule has 3 unspecified atom stereocenters. The summed E-state index contributed by atoms with van der Waals surface area (Å²) < 4.78 is 32.6. The molecule has 0 aliphatic heterocycles. The Morgan fingerprint density at radius 1 is 0.636 bits per heavy atom. The Morgan fingerprint density at radius 2 is 1.16 bits per heavy atom. The molecule has 0 fully saturated rings. The summed E-state index contributed by atoms with van der Waals surface area (Å²) in [6.07, 6.45) is 34.3. The number of rotatable bonds is 38. The van der Waals surface area contributed by atoms with Crippen LogP contribution in [0.5, 0.6) is 0 Å². The summed E-state index contributed by atoms with van der Waals surface area (Å²) >= 11 is 0. The van der Waals surface area contributed by atoms with Gasteiger partial charge in [0.25, 0.3) is 0 Å². The summed E-state index contributed by atoms with van der Waals surface area (Å²) in [4.78, 5) is 34.9. The van der Waals surface area contributed by atoms with Gasteiger partial charge in [-0.05, 0) is 57.3 Å². The van der Waals surface area contributed by atoms with Gasteiger partial charge in [-0.25, -0.2) is 4.57 Å². The number of phosphoric ester groups is 1. The molecular weight excluding hydrogens is 723 g/mol. The molecule has 0 aliphatic carbocycles. The second-order valence-corrected chi connectivity index (χ2v) is 15.9. The molecule has 11 nitrogen and oxygen atoms in total. The molecule has 0 aromatic carbocycles. The molecule has 0 radical (unpaired) electrons. The molecule has 0 aromatic rings. The van der Waals surface area contributed by atoms with E-state index in [1.54, 1.807) is 0 Å². The maximum absolute atomic E-state index is 12.6. The Morgan fingerprint density at radius 3 is 1.75 bits per heavy atom. The third-order valence-corrected chi connectivity index (χ3v) is 10.0. The SMILES string of the molecule is CCCC(O)C/C=C\C/C=C\C/C=C\C/C=C\CCCC(=O)O[C@H](COC(=O)CCCCCCCCCCCCC(C)CC)COP(=O)(O)OC[C@@H](O)CO. The van der Waals surface area contributed by atoms with Crippen molar-refractivity contribution in [2.45, 2.75) is 180 Å². The van der Waals surface area contributed by atoms with Gasteiger partial charge in [0.1, 0.15) is 12.7 Å². The van der Waals surface area contributed by atoms with Crippen molar-refractivity contribution in [3.05, 3.63) is 48.6 Å². The number of phosphoric acid groups is 1. The number of carbonyl (C=O) groups excluding carboxylic acids is 2. The first-order valence-corrected chi connectivity index (χ1v) is 22.6. The maximum atomic E-state index is 12.6. The zero-order valence-electron chi connectivity index (χ0n) is 34.4. The van der Waals surface area contributed by atoms with Crippen LogP contribution in [0, 0.1) is 5.92 Å². The number of carbonyl (C=O) groups is 2. The van der Waals surface area contributed by atoms with Crippen molar-refractivity contribution in [1.29, 1.82) is 0 Å². The van der Waals surface area contributed by atoms with Crippen LogP contribution in [-0.4, -0.2) is 76.9 Å². The second kappa shape index (κ2) is 37.5. The average Bonchev–Trinajstić information content (AvgIpc) is 3.16. The van der Waals surface area contributed by atoms with Crippen LogP contribution >= 0.6 is 7.82 Å². The van der Waals surface area contributed by atoms with E-state index in [1.807, 2.05) is 18.2 Å². The van der Waals surface area contributed by atoms with Gasteiger partial charge in [-0.1, -0.05) is 146 Å². The Bertz CT molecular complexity index is 1090. The molecule has 320 valence electrons. The maximum Gasteiger partial charge on any atom is 0.472 e. The molecule has 12 heteroatoms. The smallest absolute Gasteiger partial charge is 0.462 e. The molecule has 0 saturated heterocycles. The highest BCUT2D eigenvalue weighted by molar-refractivity contribution is 7.47. The largest absolute Gasteiger partial charge is 0.472 e. The van der Waals surface area contributed by atoms with E-state index >= 15 is 0 Å². The predicted molar refractivity (Wildman–Crippen MR) is 220 cm³/mol. The van der Waals surface area contributed by atoms with Crippen LogP contribution < -0.4 is 0 Å². The third kappa shape index (κ3) is 37.2. The lowest BCUT2D eigenvalue weighted by Gasteiger charge is -2.20. The summed E-state index contributed by atoms with van der Waals surface area (Å²) in [5.74, 6) is -0.178. The predicted octanol–water partition coefficient (Wildman–Crippen LogP) is 9.77. The minimum absolute atomic E-state index is 0.0929. The third-order valence-electron chi connectivity index (χ3n) is 9.08. The topological polar surface area (TPSA) is 169 Å². The molecule has 0 aliphatic rings. The van der Waals surface area contributed by atoms with E-state index < -0.39 is 51.8 Å². The van der Waals surface area contributed by atoms with Gasteiger partial charge in [0.2, 0.25) is 0 Å². The first-order valence-electron chi connectivity index (χ1n) is 21.1. The van der Waals surface area contributed by atoms with Gasteiger partial charge in [-0.2, -0.15) is 0 Å². The van der Waals surface area contributed by atoms with Gasteiger partial charge < -0.3 is 29.7 Å². The van der Waals surface area contributed by atoms with Crippen molar-refractivity contribution in [3.63, 3.8) is 0 Å². The van der Waals surface area contributed by atoms with Crippen LogP contribution in [0.2, 0.25) is 0 Å². The zero-order chi connectivity index (χ0) is 40.8. The van der Waals surface area contributed by atoms with E-state index in [0.717, 1.165) is 57.3 Å². The summed E-state index contributed by atoms with van der Waals surface area (Å²) in [6.45, 7) is 4.43. The van der Waals surface area contributed by atoms with Gasteiger partial charge in [-0.3, -0.25) is 18.6 Å². The quantitative estimate of drug-likeness (QED) is 0.0203. The van der Waals surface area contributed by atoms with E-state index in [0.29, 0.717) is 25.7 Å². The van der Waals surface area contributed by atoms with Crippen molar-refractivity contribution in [1.82, 2.24) is 0 Å². The molecule has 0 amide bonds. The highest BCUT2D eigenvalue weighted by Crippen LogP contribution is 2.43. The number of hydrogen-bond acceptors (Lipinski definition) is 10. The van der Waals surface area contributed by atoms with E-state index in [1.165, 1.54) is 51.4 Å². The normalized spacial score (nSPS) is 15.5. The summed E-state index contributed by atoms with van der Waals surface area (Å²) in [5, 5.41) is 28.0. The molecule has 0 bridgehead atoms. The molecule has 4 N–H and O–H groups in total. The lowest BCUT2D eigenvalue weighted by atomic mass is 9.99. The molecule has 0 saturated carbocycles. The summed E-state index contributed by atoms with van der Waals surface area (Å²) in [6, 6.07) is 0.